The molecule has 0 aliphatic carbocycles. The van der Waals surface area contributed by atoms with Gasteiger partial charge < -0.3 is 9.47 Å². The van der Waals surface area contributed by atoms with E-state index in [0.29, 0.717) is 0 Å². The average molecular weight is 316 g/mol. The minimum atomic E-state index is -1.20. The normalized spacial score (nSPS) is 10.1. The van der Waals surface area contributed by atoms with Crippen molar-refractivity contribution in [2.75, 3.05) is 14.2 Å². The maximum Gasteiger partial charge on any atom is 0.342 e. The summed E-state index contributed by atoms with van der Waals surface area (Å²) in [6.07, 6.45) is 0. The second-order valence-corrected chi connectivity index (χ2v) is 4.12. The summed E-state index contributed by atoms with van der Waals surface area (Å²) in [5, 5.41) is -1.50. The molecule has 0 saturated carbocycles. The Hall–Kier alpha value is -1.04. The molecule has 0 radical (unpaired) electrons. The summed E-state index contributed by atoms with van der Waals surface area (Å²) in [6, 6.07) is 0. The maximum atomic E-state index is 13.9. The van der Waals surface area contributed by atoms with Crippen LogP contribution in [0.4, 0.5) is 4.39 Å². The molecule has 1 aromatic carbocycles. The van der Waals surface area contributed by atoms with Gasteiger partial charge in [-0.3, -0.25) is 0 Å². The molecule has 0 spiro atoms. The van der Waals surface area contributed by atoms with E-state index in [1.807, 2.05) is 0 Å². The van der Waals surface area contributed by atoms with Gasteiger partial charge in [0.05, 0.1) is 29.3 Å². The Morgan fingerprint density at radius 3 is 1.72 bits per heavy atom. The van der Waals surface area contributed by atoms with E-state index < -0.39 is 38.9 Å². The molecule has 0 aliphatic rings. The second kappa shape index (κ2) is 5.73. The van der Waals surface area contributed by atoms with Crippen molar-refractivity contribution >= 4 is 46.7 Å². The molecule has 0 unspecified atom stereocenters. The highest BCUT2D eigenvalue weighted by atomic mass is 35.5. The Labute approximate surface area is 117 Å². The fourth-order valence-electron chi connectivity index (χ4n) is 1.19. The lowest BCUT2D eigenvalue weighted by Gasteiger charge is -2.11. The third-order valence-electron chi connectivity index (χ3n) is 2.04. The van der Waals surface area contributed by atoms with Crippen LogP contribution < -0.4 is 0 Å². The smallest absolute Gasteiger partial charge is 0.342 e. The second-order valence-electron chi connectivity index (χ2n) is 2.99. The number of rotatable bonds is 2. The fourth-order valence-corrected chi connectivity index (χ4v) is 2.03. The number of carbonyl (C=O) groups is 2. The zero-order chi connectivity index (χ0) is 14.0. The van der Waals surface area contributed by atoms with E-state index >= 15 is 0 Å². The Morgan fingerprint density at radius 1 is 0.889 bits per heavy atom. The van der Waals surface area contributed by atoms with E-state index in [2.05, 4.69) is 9.47 Å². The lowest BCUT2D eigenvalue weighted by molar-refractivity contribution is 0.0582. The Bertz CT molecular complexity index is 454. The highest BCUT2D eigenvalue weighted by Gasteiger charge is 2.29. The molecular formula is C10H6Cl3FO4. The molecule has 0 fully saturated rings. The first kappa shape index (κ1) is 15.0. The number of ether oxygens (including phenoxy) is 2. The average Bonchev–Trinajstić information content (AvgIpc) is 2.36. The van der Waals surface area contributed by atoms with Crippen molar-refractivity contribution in [1.29, 1.82) is 0 Å². The molecule has 0 bridgehead atoms. The predicted octanol–water partition coefficient (Wildman–Crippen LogP) is 3.36. The topological polar surface area (TPSA) is 52.6 Å². The third kappa shape index (κ3) is 2.39. The monoisotopic (exact) mass is 314 g/mol. The van der Waals surface area contributed by atoms with Crippen LogP contribution in [-0.2, 0) is 9.47 Å². The van der Waals surface area contributed by atoms with Crippen molar-refractivity contribution in [2.45, 2.75) is 0 Å². The number of methoxy groups -OCH3 is 2. The van der Waals surface area contributed by atoms with Crippen LogP contribution in [0.25, 0.3) is 0 Å². The summed E-state index contributed by atoms with van der Waals surface area (Å²) in [4.78, 5) is 22.7. The number of halogens is 4. The molecule has 0 atom stereocenters. The molecule has 1 aromatic rings. The lowest BCUT2D eigenvalue weighted by atomic mass is 10.1. The number of esters is 2. The third-order valence-corrected chi connectivity index (χ3v) is 3.25. The van der Waals surface area contributed by atoms with Crippen molar-refractivity contribution in [3.63, 3.8) is 0 Å². The van der Waals surface area contributed by atoms with Crippen LogP contribution in [0.3, 0.4) is 0 Å². The molecule has 98 valence electrons. The molecule has 0 N–H and O–H groups in total. The van der Waals surface area contributed by atoms with Gasteiger partial charge in [-0.2, -0.15) is 0 Å². The van der Waals surface area contributed by atoms with Gasteiger partial charge in [0.2, 0.25) is 0 Å². The van der Waals surface area contributed by atoms with Crippen LogP contribution in [0.15, 0.2) is 0 Å². The molecule has 0 aromatic heterocycles. The molecular weight excluding hydrogens is 309 g/mol. The van der Waals surface area contributed by atoms with Crippen molar-refractivity contribution in [3.8, 4) is 0 Å². The van der Waals surface area contributed by atoms with E-state index in [0.717, 1.165) is 14.2 Å². The number of hydrogen-bond donors (Lipinski definition) is 0. The van der Waals surface area contributed by atoms with E-state index in [1.54, 1.807) is 0 Å². The first-order valence-electron chi connectivity index (χ1n) is 4.39. The van der Waals surface area contributed by atoms with E-state index in [4.69, 9.17) is 34.8 Å². The van der Waals surface area contributed by atoms with Gasteiger partial charge in [-0.15, -0.1) is 0 Å². The minimum absolute atomic E-state index is 0.379. The molecule has 8 heteroatoms. The van der Waals surface area contributed by atoms with E-state index in [-0.39, 0.29) is 5.02 Å². The molecule has 0 saturated heterocycles. The Morgan fingerprint density at radius 2 is 1.28 bits per heavy atom. The molecule has 0 aliphatic heterocycles. The standard InChI is InChI=1S/C10H6Cl3FO4/c1-17-9(15)3-5(11)6(12)4(10(16)18-2)8(14)7(3)13/h1-2H3. The van der Waals surface area contributed by atoms with Gasteiger partial charge in [0.25, 0.3) is 0 Å². The minimum Gasteiger partial charge on any atom is -0.465 e. The van der Waals surface area contributed by atoms with Crippen molar-refractivity contribution in [1.82, 2.24) is 0 Å². The van der Waals surface area contributed by atoms with Gasteiger partial charge in [0.15, 0.2) is 5.82 Å². The van der Waals surface area contributed by atoms with E-state index in [9.17, 15) is 14.0 Å². The maximum absolute atomic E-state index is 13.9. The summed E-state index contributed by atoms with van der Waals surface area (Å²) in [7, 11) is 2.10. The van der Waals surface area contributed by atoms with Gasteiger partial charge in [0.1, 0.15) is 11.1 Å². The zero-order valence-corrected chi connectivity index (χ0v) is 11.4. The van der Waals surface area contributed by atoms with Crippen LogP contribution in [0.1, 0.15) is 20.7 Å². The summed E-state index contributed by atoms with van der Waals surface area (Å²) < 4.78 is 22.6. The molecule has 0 amide bonds. The van der Waals surface area contributed by atoms with Crippen molar-refractivity contribution in [2.24, 2.45) is 0 Å². The van der Waals surface area contributed by atoms with Crippen molar-refractivity contribution in [3.05, 3.63) is 32.0 Å². The van der Waals surface area contributed by atoms with Crippen LogP contribution in [0.5, 0.6) is 0 Å². The first-order valence-corrected chi connectivity index (χ1v) is 5.52. The van der Waals surface area contributed by atoms with Crippen LogP contribution in [0.2, 0.25) is 15.1 Å². The quantitative estimate of drug-likeness (QED) is 0.620. The number of benzene rings is 1. The number of carbonyl (C=O) groups excluding carboxylic acids is 2. The van der Waals surface area contributed by atoms with Gasteiger partial charge >= 0.3 is 11.9 Å². The zero-order valence-electron chi connectivity index (χ0n) is 9.14. The van der Waals surface area contributed by atoms with Crippen LogP contribution in [-0.4, -0.2) is 26.2 Å². The molecule has 1 rings (SSSR count). The Kier molecular flexibility index (Phi) is 4.78. The van der Waals surface area contributed by atoms with Gasteiger partial charge in [0, 0.05) is 0 Å². The lowest BCUT2D eigenvalue weighted by Crippen LogP contribution is -2.11. The van der Waals surface area contributed by atoms with E-state index in [1.165, 1.54) is 0 Å². The summed E-state index contributed by atoms with van der Waals surface area (Å²) >= 11 is 17.1. The first-order chi connectivity index (χ1) is 8.36. The van der Waals surface area contributed by atoms with Crippen LogP contribution in [0, 0.1) is 5.82 Å². The van der Waals surface area contributed by atoms with Crippen molar-refractivity contribution < 1.29 is 23.5 Å². The fraction of sp³-hybridized carbons (Fsp3) is 0.200. The number of hydrogen-bond acceptors (Lipinski definition) is 4. The molecule has 4 nitrogen and oxygen atoms in total. The SMILES string of the molecule is COC(=O)c1c(F)c(Cl)c(C(=O)OC)c(Cl)c1Cl. The summed E-state index contributed by atoms with van der Waals surface area (Å²) in [5.41, 5.74) is -1.09. The highest BCUT2D eigenvalue weighted by molar-refractivity contribution is 6.47. The van der Waals surface area contributed by atoms with Gasteiger partial charge in [-0.25, -0.2) is 14.0 Å². The Balaban J connectivity index is 3.66. The van der Waals surface area contributed by atoms with Gasteiger partial charge in [-0.1, -0.05) is 34.8 Å². The molecule has 0 heterocycles. The highest BCUT2D eigenvalue weighted by Crippen LogP contribution is 2.38. The van der Waals surface area contributed by atoms with Gasteiger partial charge in [-0.05, 0) is 0 Å². The largest absolute Gasteiger partial charge is 0.465 e. The van der Waals surface area contributed by atoms with Crippen LogP contribution >= 0.6 is 34.8 Å². The summed E-state index contributed by atoms with van der Waals surface area (Å²) in [6.45, 7) is 0. The molecule has 18 heavy (non-hydrogen) atoms. The predicted molar refractivity (Wildman–Crippen MR) is 64.1 cm³/mol. The summed E-state index contributed by atoms with van der Waals surface area (Å²) in [5.74, 6) is -3.22.